The Hall–Kier alpha value is -0.770. The standard InChI is InChI=1S/C20H33N/c1-2-3-4-5-17-6-8-18(9-7-17)10-11-19-12-14-20(16-21)15-13-19/h2-3,17-20H,4-15H2,1H3/b3-2+/t17-,18-,19?,20?. The molecule has 0 spiro atoms. The molecule has 0 radical (unpaired) electrons. The third-order valence-electron chi connectivity index (χ3n) is 5.96. The lowest BCUT2D eigenvalue weighted by atomic mass is 9.75. The van der Waals surface area contributed by atoms with Crippen molar-refractivity contribution in [1.29, 1.82) is 5.26 Å². The van der Waals surface area contributed by atoms with Crippen LogP contribution in [-0.2, 0) is 0 Å². The zero-order valence-electron chi connectivity index (χ0n) is 13.9. The van der Waals surface area contributed by atoms with Gasteiger partial charge in [0, 0.05) is 5.92 Å². The van der Waals surface area contributed by atoms with Crippen molar-refractivity contribution in [3.8, 4) is 6.07 Å². The second-order valence-corrected chi connectivity index (χ2v) is 7.46. The molecule has 2 fully saturated rings. The SMILES string of the molecule is C/C=C/CC[C@H]1CC[C@H](CCC2CCC(C#N)CC2)CC1. The number of nitrogens with zero attached hydrogens (tertiary/aromatic N) is 1. The third-order valence-corrected chi connectivity index (χ3v) is 5.96. The van der Waals surface area contributed by atoms with Crippen LogP contribution < -0.4 is 0 Å². The first-order valence-electron chi connectivity index (χ1n) is 9.32. The van der Waals surface area contributed by atoms with Gasteiger partial charge in [0.1, 0.15) is 0 Å². The molecule has 0 bridgehead atoms. The predicted octanol–water partition coefficient (Wildman–Crippen LogP) is 6.26. The lowest BCUT2D eigenvalue weighted by Gasteiger charge is -2.30. The molecule has 0 aromatic rings. The summed E-state index contributed by atoms with van der Waals surface area (Å²) < 4.78 is 0. The van der Waals surface area contributed by atoms with Gasteiger partial charge in [-0.25, -0.2) is 0 Å². The average molecular weight is 287 g/mol. The molecule has 2 rings (SSSR count). The molecule has 0 unspecified atom stereocenters. The molecular weight excluding hydrogens is 254 g/mol. The minimum absolute atomic E-state index is 0.369. The highest BCUT2D eigenvalue weighted by Crippen LogP contribution is 2.37. The predicted molar refractivity (Wildman–Crippen MR) is 89.8 cm³/mol. The van der Waals surface area contributed by atoms with Crippen molar-refractivity contribution in [2.45, 2.75) is 84.0 Å². The van der Waals surface area contributed by atoms with E-state index in [0.717, 1.165) is 17.8 Å². The summed E-state index contributed by atoms with van der Waals surface area (Å²) in [7, 11) is 0. The van der Waals surface area contributed by atoms with Crippen molar-refractivity contribution in [2.24, 2.45) is 23.7 Å². The number of hydrogen-bond donors (Lipinski definition) is 0. The Morgan fingerprint density at radius 2 is 1.29 bits per heavy atom. The highest BCUT2D eigenvalue weighted by Gasteiger charge is 2.24. The van der Waals surface area contributed by atoms with Gasteiger partial charge in [0.2, 0.25) is 0 Å². The van der Waals surface area contributed by atoms with Crippen LogP contribution in [0, 0.1) is 35.0 Å². The second kappa shape index (κ2) is 9.29. The quantitative estimate of drug-likeness (QED) is 0.529. The van der Waals surface area contributed by atoms with E-state index in [1.165, 1.54) is 77.0 Å². The zero-order chi connectivity index (χ0) is 14.9. The summed E-state index contributed by atoms with van der Waals surface area (Å²) in [5, 5.41) is 8.96. The Morgan fingerprint density at radius 1 is 0.810 bits per heavy atom. The molecule has 2 aliphatic carbocycles. The summed E-state index contributed by atoms with van der Waals surface area (Å²) in [5.41, 5.74) is 0. The van der Waals surface area contributed by atoms with Crippen LogP contribution in [0.1, 0.15) is 84.0 Å². The monoisotopic (exact) mass is 287 g/mol. The van der Waals surface area contributed by atoms with Crippen molar-refractivity contribution in [2.75, 3.05) is 0 Å². The Morgan fingerprint density at radius 3 is 1.76 bits per heavy atom. The van der Waals surface area contributed by atoms with E-state index in [4.69, 9.17) is 5.26 Å². The van der Waals surface area contributed by atoms with Gasteiger partial charge in [-0.1, -0.05) is 50.7 Å². The van der Waals surface area contributed by atoms with Crippen LogP contribution in [0.25, 0.3) is 0 Å². The van der Waals surface area contributed by atoms with Gasteiger partial charge in [-0.2, -0.15) is 5.26 Å². The highest BCUT2D eigenvalue weighted by molar-refractivity contribution is 4.87. The summed E-state index contributed by atoms with van der Waals surface area (Å²) in [6.07, 6.45) is 21.0. The molecule has 2 aliphatic rings. The van der Waals surface area contributed by atoms with Crippen LogP contribution in [0.15, 0.2) is 12.2 Å². The van der Waals surface area contributed by atoms with Crippen LogP contribution in [-0.4, -0.2) is 0 Å². The number of nitriles is 1. The largest absolute Gasteiger partial charge is 0.198 e. The first-order chi connectivity index (χ1) is 10.3. The van der Waals surface area contributed by atoms with Gasteiger partial charge >= 0.3 is 0 Å². The summed E-state index contributed by atoms with van der Waals surface area (Å²) in [4.78, 5) is 0. The number of allylic oxidation sites excluding steroid dienone is 2. The van der Waals surface area contributed by atoms with Crippen LogP contribution in [0.4, 0.5) is 0 Å². The second-order valence-electron chi connectivity index (χ2n) is 7.46. The van der Waals surface area contributed by atoms with E-state index in [1.54, 1.807) is 0 Å². The molecular formula is C20H33N. The first kappa shape index (κ1) is 16.6. The summed E-state index contributed by atoms with van der Waals surface area (Å²) >= 11 is 0. The van der Waals surface area contributed by atoms with Gasteiger partial charge in [0.15, 0.2) is 0 Å². The molecule has 0 atom stereocenters. The Bertz CT molecular complexity index is 335. The Kier molecular flexibility index (Phi) is 7.34. The van der Waals surface area contributed by atoms with Crippen molar-refractivity contribution in [3.63, 3.8) is 0 Å². The smallest absolute Gasteiger partial charge is 0.0655 e. The molecule has 0 heterocycles. The minimum atomic E-state index is 0.369. The summed E-state index contributed by atoms with van der Waals surface area (Å²) in [6, 6.07) is 2.45. The fourth-order valence-corrected chi connectivity index (χ4v) is 4.36. The minimum Gasteiger partial charge on any atom is -0.198 e. The lowest BCUT2D eigenvalue weighted by Crippen LogP contribution is -2.17. The molecule has 118 valence electrons. The maximum atomic E-state index is 8.96. The molecule has 0 aromatic carbocycles. The third kappa shape index (κ3) is 5.85. The fraction of sp³-hybridized carbons (Fsp3) is 0.850. The number of rotatable bonds is 6. The van der Waals surface area contributed by atoms with Gasteiger partial charge in [0.05, 0.1) is 6.07 Å². The van der Waals surface area contributed by atoms with Crippen LogP contribution in [0.2, 0.25) is 0 Å². The maximum Gasteiger partial charge on any atom is 0.0655 e. The molecule has 0 amide bonds. The molecule has 0 N–H and O–H groups in total. The highest BCUT2D eigenvalue weighted by atomic mass is 14.3. The fourth-order valence-electron chi connectivity index (χ4n) is 4.36. The summed E-state index contributed by atoms with van der Waals surface area (Å²) in [6.45, 7) is 2.13. The Balaban J connectivity index is 1.56. The van der Waals surface area contributed by atoms with E-state index in [9.17, 15) is 0 Å². The zero-order valence-corrected chi connectivity index (χ0v) is 13.9. The molecule has 1 heteroatoms. The summed E-state index contributed by atoms with van der Waals surface area (Å²) in [5.74, 6) is 3.32. The van der Waals surface area contributed by atoms with Crippen LogP contribution in [0.5, 0.6) is 0 Å². The van der Waals surface area contributed by atoms with E-state index < -0.39 is 0 Å². The topological polar surface area (TPSA) is 23.8 Å². The molecule has 21 heavy (non-hydrogen) atoms. The van der Waals surface area contributed by atoms with Gasteiger partial charge in [0.25, 0.3) is 0 Å². The van der Waals surface area contributed by atoms with Gasteiger partial charge in [-0.15, -0.1) is 0 Å². The van der Waals surface area contributed by atoms with Crippen molar-refractivity contribution >= 4 is 0 Å². The van der Waals surface area contributed by atoms with E-state index in [-0.39, 0.29) is 0 Å². The molecule has 0 saturated heterocycles. The lowest BCUT2D eigenvalue weighted by molar-refractivity contribution is 0.223. The van der Waals surface area contributed by atoms with Gasteiger partial charge in [-0.3, -0.25) is 0 Å². The van der Waals surface area contributed by atoms with Gasteiger partial charge in [-0.05, 0) is 63.2 Å². The van der Waals surface area contributed by atoms with Crippen molar-refractivity contribution < 1.29 is 0 Å². The normalized spacial score (nSPS) is 33.9. The van der Waals surface area contributed by atoms with E-state index >= 15 is 0 Å². The maximum absolute atomic E-state index is 8.96. The first-order valence-corrected chi connectivity index (χ1v) is 9.32. The molecule has 2 saturated carbocycles. The van der Waals surface area contributed by atoms with Crippen molar-refractivity contribution in [3.05, 3.63) is 12.2 Å². The van der Waals surface area contributed by atoms with E-state index in [1.807, 2.05) is 0 Å². The van der Waals surface area contributed by atoms with Crippen LogP contribution in [0.3, 0.4) is 0 Å². The Labute approximate surface area is 131 Å². The van der Waals surface area contributed by atoms with Gasteiger partial charge < -0.3 is 0 Å². The van der Waals surface area contributed by atoms with Crippen molar-refractivity contribution in [1.82, 2.24) is 0 Å². The number of hydrogen-bond acceptors (Lipinski definition) is 1. The average Bonchev–Trinajstić information content (AvgIpc) is 2.55. The van der Waals surface area contributed by atoms with Crippen LogP contribution >= 0.6 is 0 Å². The molecule has 0 aliphatic heterocycles. The molecule has 1 nitrogen and oxygen atoms in total. The van der Waals surface area contributed by atoms with E-state index in [0.29, 0.717) is 5.92 Å². The molecule has 0 aromatic heterocycles. The van der Waals surface area contributed by atoms with E-state index in [2.05, 4.69) is 25.1 Å².